The number of amides is 2. The number of carbonyl (C=O) groups excluding carboxylic acids is 2. The van der Waals surface area contributed by atoms with Crippen molar-refractivity contribution in [1.82, 2.24) is 30.8 Å². The van der Waals surface area contributed by atoms with Crippen molar-refractivity contribution in [2.75, 3.05) is 13.6 Å². The molecule has 1 heterocycles. The molecule has 0 spiro atoms. The van der Waals surface area contributed by atoms with Crippen LogP contribution in [0.5, 0.6) is 0 Å². The third-order valence-corrected chi connectivity index (χ3v) is 2.77. The zero-order valence-electron chi connectivity index (χ0n) is 11.8. The van der Waals surface area contributed by atoms with Gasteiger partial charge in [0.05, 0.1) is 6.54 Å². The van der Waals surface area contributed by atoms with Gasteiger partial charge in [-0.1, -0.05) is 29.8 Å². The van der Waals surface area contributed by atoms with Crippen molar-refractivity contribution in [2.24, 2.45) is 0 Å². The van der Waals surface area contributed by atoms with Crippen LogP contribution in [0.3, 0.4) is 0 Å². The first-order valence-electron chi connectivity index (χ1n) is 6.40. The summed E-state index contributed by atoms with van der Waals surface area (Å²) in [5.74, 6) is -0.171. The summed E-state index contributed by atoms with van der Waals surface area (Å²) in [5.41, 5.74) is 1.97. The Morgan fingerprint density at radius 1 is 1.19 bits per heavy atom. The third kappa shape index (κ3) is 4.10. The Balaban J connectivity index is 1.95. The van der Waals surface area contributed by atoms with Gasteiger partial charge in [0.25, 0.3) is 0 Å². The van der Waals surface area contributed by atoms with Crippen molar-refractivity contribution in [1.29, 1.82) is 0 Å². The Bertz CT molecular complexity index is 634. The van der Waals surface area contributed by atoms with E-state index in [0.717, 1.165) is 11.1 Å². The van der Waals surface area contributed by atoms with Gasteiger partial charge < -0.3 is 10.6 Å². The van der Waals surface area contributed by atoms with Crippen LogP contribution in [0.15, 0.2) is 24.3 Å². The van der Waals surface area contributed by atoms with E-state index in [1.54, 1.807) is 0 Å². The molecule has 0 saturated carbocycles. The van der Waals surface area contributed by atoms with Crippen LogP contribution < -0.4 is 10.6 Å². The average molecular weight is 288 g/mol. The molecule has 8 heteroatoms. The molecule has 8 nitrogen and oxygen atoms in total. The number of hydrogen-bond acceptors (Lipinski definition) is 5. The Morgan fingerprint density at radius 2 is 1.90 bits per heavy atom. The summed E-state index contributed by atoms with van der Waals surface area (Å²) in [7, 11) is 1.50. The molecule has 0 aliphatic heterocycles. The van der Waals surface area contributed by atoms with E-state index >= 15 is 0 Å². The number of nitrogens with zero attached hydrogens (tertiary/aromatic N) is 4. The van der Waals surface area contributed by atoms with Gasteiger partial charge in [0, 0.05) is 12.6 Å². The molecule has 0 saturated heterocycles. The van der Waals surface area contributed by atoms with Crippen molar-refractivity contribution >= 4 is 11.8 Å². The lowest BCUT2D eigenvalue weighted by molar-refractivity contribution is -0.126. The van der Waals surface area contributed by atoms with Crippen LogP contribution in [0.25, 0.3) is 11.4 Å². The van der Waals surface area contributed by atoms with E-state index in [-0.39, 0.29) is 24.9 Å². The van der Waals surface area contributed by atoms with Crippen molar-refractivity contribution in [3.05, 3.63) is 29.8 Å². The topological polar surface area (TPSA) is 102 Å². The highest BCUT2D eigenvalue weighted by molar-refractivity contribution is 5.84. The number of rotatable bonds is 5. The molecular formula is C13H16N6O2. The lowest BCUT2D eigenvalue weighted by Crippen LogP contribution is -2.37. The predicted octanol–water partition coefficient (Wildman–Crippen LogP) is -0.489. The van der Waals surface area contributed by atoms with Gasteiger partial charge in [0.2, 0.25) is 17.6 Å². The molecule has 0 atom stereocenters. The van der Waals surface area contributed by atoms with Gasteiger partial charge in [-0.25, -0.2) is 0 Å². The van der Waals surface area contributed by atoms with Crippen molar-refractivity contribution in [2.45, 2.75) is 13.5 Å². The van der Waals surface area contributed by atoms with E-state index in [2.05, 4.69) is 26.0 Å². The molecule has 0 fully saturated rings. The summed E-state index contributed by atoms with van der Waals surface area (Å²) < 4.78 is 0. The van der Waals surface area contributed by atoms with Gasteiger partial charge >= 0.3 is 0 Å². The first-order chi connectivity index (χ1) is 10.1. The number of aromatic nitrogens is 4. The van der Waals surface area contributed by atoms with E-state index in [9.17, 15) is 9.59 Å². The summed E-state index contributed by atoms with van der Waals surface area (Å²) >= 11 is 0. The first kappa shape index (κ1) is 14.6. The minimum atomic E-state index is -0.355. The molecule has 2 amide bonds. The van der Waals surface area contributed by atoms with Crippen LogP contribution in [-0.4, -0.2) is 45.6 Å². The van der Waals surface area contributed by atoms with Gasteiger partial charge in [-0.3, -0.25) is 9.59 Å². The highest BCUT2D eigenvalue weighted by Gasteiger charge is 2.09. The number of nitrogens with one attached hydrogen (secondary N) is 2. The van der Waals surface area contributed by atoms with Crippen LogP contribution in [0, 0.1) is 6.92 Å². The van der Waals surface area contributed by atoms with E-state index in [1.165, 1.54) is 11.8 Å². The molecule has 1 aromatic heterocycles. The number of carbonyl (C=O) groups is 2. The van der Waals surface area contributed by atoms with Crippen molar-refractivity contribution in [3.63, 3.8) is 0 Å². The Morgan fingerprint density at radius 3 is 2.57 bits per heavy atom. The SMILES string of the molecule is CNC(=O)CNC(=O)Cn1nnc(-c2ccc(C)cc2)n1. The number of tetrazole rings is 1. The summed E-state index contributed by atoms with van der Waals surface area (Å²) in [5, 5.41) is 16.7. The van der Waals surface area contributed by atoms with Crippen LogP contribution >= 0.6 is 0 Å². The standard InChI is InChI=1S/C13H16N6O2/c1-9-3-5-10(6-4-9)13-16-18-19(17-13)8-12(21)15-7-11(20)14-2/h3-6H,7-8H2,1-2H3,(H,14,20)(H,15,21). The summed E-state index contributed by atoms with van der Waals surface area (Å²) in [4.78, 5) is 23.8. The van der Waals surface area contributed by atoms with Gasteiger partial charge in [-0.05, 0) is 12.1 Å². The van der Waals surface area contributed by atoms with Crippen LogP contribution in [0.2, 0.25) is 0 Å². The molecule has 0 bridgehead atoms. The number of benzene rings is 1. The van der Waals surface area contributed by atoms with Crippen molar-refractivity contribution < 1.29 is 9.59 Å². The second kappa shape index (κ2) is 6.60. The van der Waals surface area contributed by atoms with Crippen LogP contribution in [-0.2, 0) is 16.1 Å². The van der Waals surface area contributed by atoms with E-state index in [4.69, 9.17) is 0 Å². The molecule has 110 valence electrons. The molecular weight excluding hydrogens is 272 g/mol. The van der Waals surface area contributed by atoms with Crippen LogP contribution in [0.4, 0.5) is 0 Å². The summed E-state index contributed by atoms with van der Waals surface area (Å²) in [6, 6.07) is 7.68. The predicted molar refractivity (Wildman–Crippen MR) is 75.1 cm³/mol. The lowest BCUT2D eigenvalue weighted by Gasteiger charge is -2.02. The largest absolute Gasteiger partial charge is 0.358 e. The van der Waals surface area contributed by atoms with Crippen LogP contribution in [0.1, 0.15) is 5.56 Å². The number of likely N-dealkylation sites (N-methyl/N-ethyl adjacent to an activating group) is 1. The molecule has 0 unspecified atom stereocenters. The molecule has 0 aliphatic rings. The Hall–Kier alpha value is -2.77. The summed E-state index contributed by atoms with van der Waals surface area (Å²) in [6.07, 6.45) is 0. The maximum absolute atomic E-state index is 11.6. The zero-order chi connectivity index (χ0) is 15.2. The van der Waals surface area contributed by atoms with Gasteiger partial charge in [0.1, 0.15) is 6.54 Å². The minimum Gasteiger partial charge on any atom is -0.358 e. The summed E-state index contributed by atoms with van der Waals surface area (Å²) in [6.45, 7) is 1.83. The molecule has 0 radical (unpaired) electrons. The minimum absolute atomic E-state index is 0.0746. The molecule has 2 N–H and O–H groups in total. The fraction of sp³-hybridized carbons (Fsp3) is 0.308. The molecule has 2 aromatic rings. The zero-order valence-corrected chi connectivity index (χ0v) is 11.8. The van der Waals surface area contributed by atoms with E-state index in [0.29, 0.717) is 5.82 Å². The Labute approximate surface area is 121 Å². The molecule has 1 aromatic carbocycles. The average Bonchev–Trinajstić information content (AvgIpc) is 2.94. The van der Waals surface area contributed by atoms with E-state index < -0.39 is 0 Å². The van der Waals surface area contributed by atoms with Gasteiger partial charge in [-0.2, -0.15) is 4.80 Å². The second-order valence-electron chi connectivity index (χ2n) is 4.46. The monoisotopic (exact) mass is 288 g/mol. The molecule has 0 aliphatic carbocycles. The van der Waals surface area contributed by atoms with Crippen molar-refractivity contribution in [3.8, 4) is 11.4 Å². The normalized spacial score (nSPS) is 10.2. The maximum Gasteiger partial charge on any atom is 0.244 e. The first-order valence-corrected chi connectivity index (χ1v) is 6.40. The molecule has 2 rings (SSSR count). The number of hydrogen-bond donors (Lipinski definition) is 2. The fourth-order valence-electron chi connectivity index (χ4n) is 1.58. The number of aryl methyl sites for hydroxylation is 1. The smallest absolute Gasteiger partial charge is 0.244 e. The molecule has 21 heavy (non-hydrogen) atoms. The second-order valence-corrected chi connectivity index (χ2v) is 4.46. The highest BCUT2D eigenvalue weighted by Crippen LogP contribution is 2.13. The fourth-order valence-corrected chi connectivity index (χ4v) is 1.58. The quantitative estimate of drug-likeness (QED) is 0.773. The van der Waals surface area contributed by atoms with Gasteiger partial charge in [-0.15, -0.1) is 10.2 Å². The van der Waals surface area contributed by atoms with Gasteiger partial charge in [0.15, 0.2) is 0 Å². The lowest BCUT2D eigenvalue weighted by atomic mass is 10.1. The highest BCUT2D eigenvalue weighted by atomic mass is 16.2. The third-order valence-electron chi connectivity index (χ3n) is 2.77. The maximum atomic E-state index is 11.6. The van der Waals surface area contributed by atoms with E-state index in [1.807, 2.05) is 31.2 Å². The Kier molecular flexibility index (Phi) is 4.60.